The highest BCUT2D eigenvalue weighted by Gasteiger charge is 2.24. The van der Waals surface area contributed by atoms with Crippen molar-refractivity contribution in [2.45, 2.75) is 0 Å². The van der Waals surface area contributed by atoms with Crippen LogP contribution in [-0.4, -0.2) is 49.2 Å². The molecule has 0 radical (unpaired) electrons. The lowest BCUT2D eigenvalue weighted by Crippen LogP contribution is -2.33. The van der Waals surface area contributed by atoms with E-state index in [1.165, 1.54) is 0 Å². The van der Waals surface area contributed by atoms with Crippen LogP contribution < -0.4 is 0 Å². The van der Waals surface area contributed by atoms with Crippen LogP contribution in [-0.2, 0) is 4.74 Å². The summed E-state index contributed by atoms with van der Waals surface area (Å²) in [5, 5.41) is 0.598. The fourth-order valence-corrected chi connectivity index (χ4v) is 3.45. The first kappa shape index (κ1) is 17.0. The Morgan fingerprint density at radius 3 is 2.58 bits per heavy atom. The number of nitrogens with zero attached hydrogens (tertiary/aromatic N) is 2. The van der Waals surface area contributed by atoms with Gasteiger partial charge < -0.3 is 9.64 Å². The first-order chi connectivity index (χ1) is 12.7. The molecule has 0 spiro atoms. The third-order valence-corrected chi connectivity index (χ3v) is 4.85. The number of carbonyl (C=O) groups excluding carboxylic acids is 1. The standard InChI is InChI=1S/C21H19ClN2O2/c22-17-6-7-18-19(12-17)20(15-4-2-1-3-5-15)23-13-16(21(18)25)14-24-8-10-26-11-9-24/h1-7,12,14H,8-11,13H2. The zero-order valence-electron chi connectivity index (χ0n) is 14.3. The van der Waals surface area contributed by atoms with Gasteiger partial charge >= 0.3 is 0 Å². The summed E-state index contributed by atoms with van der Waals surface area (Å²) in [7, 11) is 0. The first-order valence-corrected chi connectivity index (χ1v) is 9.07. The Morgan fingerprint density at radius 1 is 1.04 bits per heavy atom. The molecule has 2 aromatic carbocycles. The summed E-state index contributed by atoms with van der Waals surface area (Å²) in [6.07, 6.45) is 1.95. The number of hydrogen-bond acceptors (Lipinski definition) is 4. The van der Waals surface area contributed by atoms with Crippen LogP contribution in [0, 0.1) is 0 Å². The predicted octanol–water partition coefficient (Wildman–Crippen LogP) is 3.59. The van der Waals surface area contributed by atoms with Gasteiger partial charge in [0.05, 0.1) is 25.5 Å². The van der Waals surface area contributed by atoms with E-state index in [-0.39, 0.29) is 5.78 Å². The molecular formula is C21H19ClN2O2. The van der Waals surface area contributed by atoms with Gasteiger partial charge in [-0.2, -0.15) is 0 Å². The molecule has 0 bridgehead atoms. The van der Waals surface area contributed by atoms with Crippen molar-refractivity contribution in [1.82, 2.24) is 4.90 Å². The normalized spacial score (nSPS) is 19.1. The molecule has 4 rings (SSSR count). The molecule has 0 amide bonds. The van der Waals surface area contributed by atoms with E-state index in [0.717, 1.165) is 29.9 Å². The van der Waals surface area contributed by atoms with Crippen LogP contribution in [0.3, 0.4) is 0 Å². The van der Waals surface area contributed by atoms with Gasteiger partial charge in [-0.25, -0.2) is 0 Å². The Morgan fingerprint density at radius 2 is 1.81 bits per heavy atom. The third-order valence-electron chi connectivity index (χ3n) is 4.61. The zero-order chi connectivity index (χ0) is 17.9. The minimum atomic E-state index is 0.0119. The van der Waals surface area contributed by atoms with E-state index in [1.807, 2.05) is 42.6 Å². The molecule has 5 heteroatoms. The lowest BCUT2D eigenvalue weighted by Gasteiger charge is -2.26. The number of Topliss-reactive ketones (excluding diaryl/α,β-unsaturated/α-hetero) is 1. The molecule has 0 atom stereocenters. The molecule has 0 saturated carbocycles. The third kappa shape index (κ3) is 3.43. The Bertz CT molecular complexity index is 884. The average molecular weight is 367 g/mol. The second kappa shape index (κ2) is 7.44. The van der Waals surface area contributed by atoms with Gasteiger partial charge in [0.1, 0.15) is 0 Å². The summed E-state index contributed by atoms with van der Waals surface area (Å²) < 4.78 is 5.39. The Balaban J connectivity index is 1.80. The van der Waals surface area contributed by atoms with Crippen molar-refractivity contribution >= 4 is 23.1 Å². The summed E-state index contributed by atoms with van der Waals surface area (Å²) in [6.45, 7) is 3.30. The van der Waals surface area contributed by atoms with Crippen LogP contribution in [0.15, 0.2) is 65.3 Å². The van der Waals surface area contributed by atoms with Crippen LogP contribution in [0.4, 0.5) is 0 Å². The van der Waals surface area contributed by atoms with Crippen LogP contribution in [0.5, 0.6) is 0 Å². The van der Waals surface area contributed by atoms with Gasteiger partial charge in [0.2, 0.25) is 0 Å². The fraction of sp³-hybridized carbons (Fsp3) is 0.238. The molecule has 26 heavy (non-hydrogen) atoms. The van der Waals surface area contributed by atoms with Crippen LogP contribution in [0.25, 0.3) is 0 Å². The monoisotopic (exact) mass is 366 g/mol. The maximum atomic E-state index is 13.2. The van der Waals surface area contributed by atoms with E-state index in [1.54, 1.807) is 12.1 Å². The smallest absolute Gasteiger partial charge is 0.193 e. The lowest BCUT2D eigenvalue weighted by molar-refractivity contribution is 0.0587. The van der Waals surface area contributed by atoms with Gasteiger partial charge in [0.15, 0.2) is 5.78 Å². The minimum Gasteiger partial charge on any atom is -0.378 e. The Labute approximate surface area is 157 Å². The molecule has 0 aliphatic carbocycles. The number of ether oxygens (including phenoxy) is 1. The predicted molar refractivity (Wildman–Crippen MR) is 103 cm³/mol. The molecule has 1 saturated heterocycles. The van der Waals surface area contributed by atoms with Gasteiger partial charge in [-0.1, -0.05) is 41.9 Å². The summed E-state index contributed by atoms with van der Waals surface area (Å²) in [6, 6.07) is 15.3. The molecule has 2 aliphatic rings. The number of hydrogen-bond donors (Lipinski definition) is 0. The highest BCUT2D eigenvalue weighted by Crippen LogP contribution is 2.26. The van der Waals surface area contributed by atoms with Crippen molar-refractivity contribution in [3.05, 3.63) is 82.0 Å². The van der Waals surface area contributed by atoms with E-state index in [2.05, 4.69) is 4.90 Å². The van der Waals surface area contributed by atoms with Crippen molar-refractivity contribution in [3.8, 4) is 0 Å². The highest BCUT2D eigenvalue weighted by molar-refractivity contribution is 6.32. The van der Waals surface area contributed by atoms with E-state index in [4.69, 9.17) is 21.3 Å². The molecule has 1 fully saturated rings. The second-order valence-corrected chi connectivity index (χ2v) is 6.79. The average Bonchev–Trinajstić information content (AvgIpc) is 2.80. The van der Waals surface area contributed by atoms with E-state index in [9.17, 15) is 4.79 Å². The van der Waals surface area contributed by atoms with Crippen LogP contribution in [0.1, 0.15) is 21.5 Å². The number of halogens is 1. The second-order valence-electron chi connectivity index (χ2n) is 6.35. The van der Waals surface area contributed by atoms with Gasteiger partial charge in [-0.05, 0) is 18.2 Å². The van der Waals surface area contributed by atoms with Crippen molar-refractivity contribution in [1.29, 1.82) is 0 Å². The highest BCUT2D eigenvalue weighted by atomic mass is 35.5. The van der Waals surface area contributed by atoms with Crippen molar-refractivity contribution in [2.75, 3.05) is 32.8 Å². The number of fused-ring (bicyclic) bond motifs is 1. The number of carbonyl (C=O) groups is 1. The quantitative estimate of drug-likeness (QED) is 0.763. The van der Waals surface area contributed by atoms with E-state index < -0.39 is 0 Å². The van der Waals surface area contributed by atoms with Crippen LogP contribution >= 0.6 is 11.6 Å². The molecule has 2 aliphatic heterocycles. The summed E-state index contributed by atoms with van der Waals surface area (Å²) >= 11 is 6.22. The fourth-order valence-electron chi connectivity index (χ4n) is 3.27. The van der Waals surface area contributed by atoms with Crippen molar-refractivity contribution < 1.29 is 9.53 Å². The van der Waals surface area contributed by atoms with Crippen molar-refractivity contribution in [3.63, 3.8) is 0 Å². The Hall–Kier alpha value is -2.43. The molecule has 0 unspecified atom stereocenters. The number of aliphatic imine (C=N–C) groups is 1. The van der Waals surface area contributed by atoms with Crippen LogP contribution in [0.2, 0.25) is 5.02 Å². The number of rotatable bonds is 2. The molecule has 2 aromatic rings. The molecule has 132 valence electrons. The number of ketones is 1. The molecule has 0 N–H and O–H groups in total. The van der Waals surface area contributed by atoms with Gasteiger partial charge in [-0.3, -0.25) is 9.79 Å². The first-order valence-electron chi connectivity index (χ1n) is 8.69. The lowest BCUT2D eigenvalue weighted by atomic mass is 9.94. The van der Waals surface area contributed by atoms with Gasteiger partial charge in [0.25, 0.3) is 0 Å². The molecular weight excluding hydrogens is 348 g/mol. The molecule has 0 aromatic heterocycles. The molecule has 2 heterocycles. The Kier molecular flexibility index (Phi) is 4.87. The van der Waals surface area contributed by atoms with E-state index >= 15 is 0 Å². The summed E-state index contributed by atoms with van der Waals surface area (Å²) in [5.74, 6) is 0.0119. The largest absolute Gasteiger partial charge is 0.378 e. The zero-order valence-corrected chi connectivity index (χ0v) is 15.1. The number of benzene rings is 2. The molecule has 4 nitrogen and oxygen atoms in total. The van der Waals surface area contributed by atoms with Crippen molar-refractivity contribution in [2.24, 2.45) is 4.99 Å². The van der Waals surface area contributed by atoms with Gasteiger partial charge in [-0.15, -0.1) is 0 Å². The summed E-state index contributed by atoms with van der Waals surface area (Å²) in [4.78, 5) is 20.1. The summed E-state index contributed by atoms with van der Waals surface area (Å²) in [5.41, 5.74) is 3.92. The number of morpholine rings is 1. The SMILES string of the molecule is O=C1C(=CN2CCOCC2)CN=C(c2ccccc2)c2cc(Cl)ccc21. The topological polar surface area (TPSA) is 41.9 Å². The maximum Gasteiger partial charge on any atom is 0.193 e. The van der Waals surface area contributed by atoms with Gasteiger partial charge in [0, 0.05) is 46.6 Å². The maximum absolute atomic E-state index is 13.2. The minimum absolute atomic E-state index is 0.0119. The van der Waals surface area contributed by atoms with E-state index in [0.29, 0.717) is 35.9 Å².